The molecule has 0 saturated carbocycles. The van der Waals surface area contributed by atoms with Gasteiger partial charge in [0.25, 0.3) is 0 Å². The highest BCUT2D eigenvalue weighted by Crippen LogP contribution is 2.17. The molecule has 82 valence electrons. The minimum Gasteiger partial charge on any atom is -0.354 e. The molecule has 0 fully saturated rings. The Morgan fingerprint density at radius 2 is 2.19 bits per heavy atom. The van der Waals surface area contributed by atoms with Crippen LogP contribution < -0.4 is 5.32 Å². The summed E-state index contributed by atoms with van der Waals surface area (Å²) in [6.07, 6.45) is 5.39. The lowest BCUT2D eigenvalue weighted by atomic mass is 10.1. The molecule has 0 saturated heterocycles. The number of aromatic nitrogens is 3. The van der Waals surface area contributed by atoms with E-state index in [-0.39, 0.29) is 0 Å². The number of nitrogens with zero attached hydrogens (tertiary/aromatic N) is 3. The Morgan fingerprint density at radius 3 is 2.94 bits per heavy atom. The maximum atomic E-state index is 4.41. The minimum atomic E-state index is 0.654. The largest absolute Gasteiger partial charge is 0.354 e. The normalized spacial score (nSPS) is 10.1. The molecule has 2 aromatic heterocycles. The van der Waals surface area contributed by atoms with Crippen LogP contribution in [0, 0.1) is 6.92 Å². The van der Waals surface area contributed by atoms with Crippen LogP contribution in [0.3, 0.4) is 0 Å². The minimum absolute atomic E-state index is 0.654. The first-order valence-electron chi connectivity index (χ1n) is 5.28. The lowest BCUT2D eigenvalue weighted by molar-refractivity contribution is 1.09. The maximum absolute atomic E-state index is 4.41. The topological polar surface area (TPSA) is 50.7 Å². The lowest BCUT2D eigenvalue weighted by Crippen LogP contribution is -2.02. The van der Waals surface area contributed by atoms with Crippen LogP contribution >= 0.6 is 0 Å². The molecule has 0 unspecified atom stereocenters. The molecular formula is C12H14N4. The zero-order chi connectivity index (χ0) is 11.4. The lowest BCUT2D eigenvalue weighted by Gasteiger charge is -2.04. The third-order valence-corrected chi connectivity index (χ3v) is 2.16. The Bertz CT molecular complexity index is 482. The zero-order valence-electron chi connectivity index (χ0n) is 9.44. The van der Waals surface area contributed by atoms with Crippen molar-refractivity contribution in [2.45, 2.75) is 13.8 Å². The molecule has 16 heavy (non-hydrogen) atoms. The summed E-state index contributed by atoms with van der Waals surface area (Å²) in [5.41, 5.74) is 3.03. The molecule has 0 spiro atoms. The van der Waals surface area contributed by atoms with Crippen LogP contribution in [0.15, 0.2) is 30.7 Å². The SMILES string of the molecule is CCNc1nccc(-c2cncc(C)c2)n1. The number of hydrogen-bond acceptors (Lipinski definition) is 4. The van der Waals surface area contributed by atoms with Gasteiger partial charge in [0.1, 0.15) is 0 Å². The second-order valence-electron chi connectivity index (χ2n) is 3.55. The van der Waals surface area contributed by atoms with Crippen molar-refractivity contribution in [3.05, 3.63) is 36.3 Å². The summed E-state index contributed by atoms with van der Waals surface area (Å²) in [6.45, 7) is 4.85. The summed E-state index contributed by atoms with van der Waals surface area (Å²) >= 11 is 0. The van der Waals surface area contributed by atoms with Crippen molar-refractivity contribution in [2.75, 3.05) is 11.9 Å². The summed E-state index contributed by atoms with van der Waals surface area (Å²) in [5.74, 6) is 0.654. The highest BCUT2D eigenvalue weighted by molar-refractivity contribution is 5.59. The monoisotopic (exact) mass is 214 g/mol. The van der Waals surface area contributed by atoms with E-state index in [1.54, 1.807) is 6.20 Å². The molecule has 2 rings (SSSR count). The van der Waals surface area contributed by atoms with Crippen LogP contribution in [0.2, 0.25) is 0 Å². The van der Waals surface area contributed by atoms with Gasteiger partial charge in [-0.25, -0.2) is 9.97 Å². The number of rotatable bonds is 3. The van der Waals surface area contributed by atoms with E-state index in [2.05, 4.69) is 26.3 Å². The van der Waals surface area contributed by atoms with Crippen molar-refractivity contribution in [1.29, 1.82) is 0 Å². The molecule has 0 aliphatic heterocycles. The average Bonchev–Trinajstić information content (AvgIpc) is 2.30. The quantitative estimate of drug-likeness (QED) is 0.851. The van der Waals surface area contributed by atoms with Crippen molar-refractivity contribution in [1.82, 2.24) is 15.0 Å². The van der Waals surface area contributed by atoms with Crippen LogP contribution in [0.4, 0.5) is 5.95 Å². The third kappa shape index (κ3) is 2.34. The molecule has 4 nitrogen and oxygen atoms in total. The van der Waals surface area contributed by atoms with Gasteiger partial charge in [-0.15, -0.1) is 0 Å². The molecule has 0 radical (unpaired) electrons. The Morgan fingerprint density at radius 1 is 1.31 bits per heavy atom. The third-order valence-electron chi connectivity index (χ3n) is 2.16. The zero-order valence-corrected chi connectivity index (χ0v) is 9.44. The van der Waals surface area contributed by atoms with Crippen molar-refractivity contribution < 1.29 is 0 Å². The fourth-order valence-electron chi connectivity index (χ4n) is 1.46. The Labute approximate surface area is 94.8 Å². The van der Waals surface area contributed by atoms with Gasteiger partial charge in [0.15, 0.2) is 0 Å². The van der Waals surface area contributed by atoms with E-state index in [0.717, 1.165) is 23.4 Å². The molecule has 2 aromatic rings. The van der Waals surface area contributed by atoms with Gasteiger partial charge in [-0.1, -0.05) is 0 Å². The van der Waals surface area contributed by atoms with Crippen LogP contribution in [-0.2, 0) is 0 Å². The summed E-state index contributed by atoms with van der Waals surface area (Å²) in [7, 11) is 0. The van der Waals surface area contributed by atoms with E-state index < -0.39 is 0 Å². The van der Waals surface area contributed by atoms with E-state index in [0.29, 0.717) is 5.95 Å². The van der Waals surface area contributed by atoms with Gasteiger partial charge in [-0.3, -0.25) is 4.98 Å². The van der Waals surface area contributed by atoms with Gasteiger partial charge >= 0.3 is 0 Å². The van der Waals surface area contributed by atoms with Crippen LogP contribution in [0.1, 0.15) is 12.5 Å². The molecule has 0 aliphatic carbocycles. The highest BCUT2D eigenvalue weighted by atomic mass is 15.1. The molecule has 1 N–H and O–H groups in total. The van der Waals surface area contributed by atoms with Gasteiger partial charge in [-0.2, -0.15) is 0 Å². The summed E-state index contributed by atoms with van der Waals surface area (Å²) < 4.78 is 0. The summed E-state index contributed by atoms with van der Waals surface area (Å²) in [5, 5.41) is 3.09. The summed E-state index contributed by atoms with van der Waals surface area (Å²) in [6, 6.07) is 3.95. The van der Waals surface area contributed by atoms with Gasteiger partial charge in [0.2, 0.25) is 5.95 Å². The maximum Gasteiger partial charge on any atom is 0.223 e. The first kappa shape index (κ1) is 10.5. The number of pyridine rings is 1. The molecule has 4 heteroatoms. The molecule has 0 atom stereocenters. The molecular weight excluding hydrogens is 200 g/mol. The second kappa shape index (κ2) is 4.70. The number of hydrogen-bond donors (Lipinski definition) is 1. The standard InChI is InChI=1S/C12H14N4/c1-3-14-12-15-5-4-11(16-12)10-6-9(2)7-13-8-10/h4-8H,3H2,1-2H3,(H,14,15,16). The van der Waals surface area contributed by atoms with Crippen molar-refractivity contribution in [3.63, 3.8) is 0 Å². The number of aryl methyl sites for hydroxylation is 1. The predicted molar refractivity (Wildman–Crippen MR) is 64.2 cm³/mol. The van der Waals surface area contributed by atoms with Gasteiger partial charge in [0, 0.05) is 30.7 Å². The number of nitrogens with one attached hydrogen (secondary N) is 1. The molecule has 0 aromatic carbocycles. The van der Waals surface area contributed by atoms with Gasteiger partial charge in [0.05, 0.1) is 5.69 Å². The van der Waals surface area contributed by atoms with E-state index in [1.807, 2.05) is 32.3 Å². The van der Waals surface area contributed by atoms with E-state index in [1.165, 1.54) is 0 Å². The Hall–Kier alpha value is -1.97. The van der Waals surface area contributed by atoms with Crippen molar-refractivity contribution in [3.8, 4) is 11.3 Å². The van der Waals surface area contributed by atoms with E-state index in [9.17, 15) is 0 Å². The fourth-order valence-corrected chi connectivity index (χ4v) is 1.46. The Balaban J connectivity index is 2.36. The molecule has 0 amide bonds. The first-order chi connectivity index (χ1) is 7.79. The van der Waals surface area contributed by atoms with Gasteiger partial charge in [-0.05, 0) is 31.5 Å². The van der Waals surface area contributed by atoms with Crippen LogP contribution in [0.5, 0.6) is 0 Å². The second-order valence-corrected chi connectivity index (χ2v) is 3.55. The predicted octanol–water partition coefficient (Wildman–Crippen LogP) is 2.28. The highest BCUT2D eigenvalue weighted by Gasteiger charge is 2.01. The summed E-state index contributed by atoms with van der Waals surface area (Å²) in [4.78, 5) is 12.7. The average molecular weight is 214 g/mol. The molecule has 2 heterocycles. The van der Waals surface area contributed by atoms with Crippen LogP contribution in [0.25, 0.3) is 11.3 Å². The van der Waals surface area contributed by atoms with E-state index >= 15 is 0 Å². The van der Waals surface area contributed by atoms with Crippen molar-refractivity contribution >= 4 is 5.95 Å². The molecule has 0 bridgehead atoms. The van der Waals surface area contributed by atoms with Crippen molar-refractivity contribution in [2.24, 2.45) is 0 Å². The first-order valence-corrected chi connectivity index (χ1v) is 5.28. The fraction of sp³-hybridized carbons (Fsp3) is 0.250. The van der Waals surface area contributed by atoms with E-state index in [4.69, 9.17) is 0 Å². The number of anilines is 1. The van der Waals surface area contributed by atoms with Crippen LogP contribution in [-0.4, -0.2) is 21.5 Å². The smallest absolute Gasteiger partial charge is 0.223 e. The Kier molecular flexibility index (Phi) is 3.10. The molecule has 0 aliphatic rings. The van der Waals surface area contributed by atoms with Gasteiger partial charge < -0.3 is 5.32 Å².